The molecule has 0 unspecified atom stereocenters. The summed E-state index contributed by atoms with van der Waals surface area (Å²) < 4.78 is 44.2. The molecular formula is C32H36F3N5O3. The van der Waals surface area contributed by atoms with E-state index in [1.807, 2.05) is 33.0 Å². The summed E-state index contributed by atoms with van der Waals surface area (Å²) in [7, 11) is 0. The normalized spacial score (nSPS) is 12.4. The van der Waals surface area contributed by atoms with Crippen molar-refractivity contribution in [2.24, 2.45) is 10.8 Å². The van der Waals surface area contributed by atoms with Gasteiger partial charge in [0.1, 0.15) is 0 Å². The van der Waals surface area contributed by atoms with Crippen LogP contribution in [-0.2, 0) is 17.5 Å². The van der Waals surface area contributed by atoms with Gasteiger partial charge >= 0.3 is 6.18 Å². The number of carbonyl (C=O) groups excluding carboxylic acids is 2. The average molecular weight is 596 g/mol. The van der Waals surface area contributed by atoms with Crippen LogP contribution in [0.4, 0.5) is 18.9 Å². The fraction of sp³-hybridized carbons (Fsp3) is 0.375. The summed E-state index contributed by atoms with van der Waals surface area (Å²) in [5.74, 6) is -0.769. The zero-order valence-electron chi connectivity index (χ0n) is 25.1. The third-order valence-corrected chi connectivity index (χ3v) is 7.27. The molecule has 0 saturated heterocycles. The zero-order valence-corrected chi connectivity index (χ0v) is 25.1. The molecule has 0 fully saturated rings. The van der Waals surface area contributed by atoms with Crippen LogP contribution in [0, 0.1) is 24.7 Å². The summed E-state index contributed by atoms with van der Waals surface area (Å²) >= 11 is 0. The smallest absolute Gasteiger partial charge is 0.396 e. The molecule has 2 heterocycles. The number of benzene rings is 2. The van der Waals surface area contributed by atoms with Gasteiger partial charge in [-0.25, -0.2) is 9.97 Å². The first kappa shape index (κ1) is 31.7. The van der Waals surface area contributed by atoms with E-state index in [1.165, 1.54) is 6.07 Å². The van der Waals surface area contributed by atoms with Gasteiger partial charge in [0.05, 0.1) is 16.8 Å². The maximum absolute atomic E-state index is 14.1. The fourth-order valence-electron chi connectivity index (χ4n) is 5.12. The van der Waals surface area contributed by atoms with Gasteiger partial charge in [-0.15, -0.1) is 0 Å². The number of nitrogens with zero attached hydrogens (tertiary/aromatic N) is 3. The number of nitrogens with one attached hydrogen (secondary N) is 2. The molecule has 0 aliphatic rings. The Morgan fingerprint density at radius 2 is 1.72 bits per heavy atom. The molecule has 0 spiro atoms. The highest BCUT2D eigenvalue weighted by Crippen LogP contribution is 2.35. The Bertz CT molecular complexity index is 1670. The lowest BCUT2D eigenvalue weighted by Gasteiger charge is -2.32. The predicted molar refractivity (Wildman–Crippen MR) is 158 cm³/mol. The maximum atomic E-state index is 14.1. The van der Waals surface area contributed by atoms with E-state index in [2.05, 4.69) is 20.6 Å². The van der Waals surface area contributed by atoms with Crippen LogP contribution in [0.1, 0.15) is 66.7 Å². The highest BCUT2D eigenvalue weighted by molar-refractivity contribution is 6.06. The molecule has 228 valence electrons. The van der Waals surface area contributed by atoms with E-state index in [0.717, 1.165) is 17.7 Å². The number of amides is 2. The fourth-order valence-corrected chi connectivity index (χ4v) is 5.12. The van der Waals surface area contributed by atoms with Crippen LogP contribution in [-0.4, -0.2) is 37.9 Å². The van der Waals surface area contributed by atoms with Crippen LogP contribution in [0.25, 0.3) is 17.0 Å². The monoisotopic (exact) mass is 595 g/mol. The lowest BCUT2D eigenvalue weighted by Crippen LogP contribution is -2.40. The maximum Gasteiger partial charge on any atom is 0.417 e. The van der Waals surface area contributed by atoms with Crippen molar-refractivity contribution in [2.45, 2.75) is 60.7 Å². The van der Waals surface area contributed by atoms with Gasteiger partial charge in [0, 0.05) is 48.4 Å². The van der Waals surface area contributed by atoms with Crippen molar-refractivity contribution in [1.82, 2.24) is 19.7 Å². The van der Waals surface area contributed by atoms with E-state index >= 15 is 0 Å². The van der Waals surface area contributed by atoms with E-state index in [-0.39, 0.29) is 24.6 Å². The molecule has 11 heteroatoms. The molecule has 8 nitrogen and oxygen atoms in total. The predicted octanol–water partition coefficient (Wildman–Crippen LogP) is 6.34. The summed E-state index contributed by atoms with van der Waals surface area (Å²) in [6.07, 6.45) is 0.937. The molecule has 0 aliphatic heterocycles. The van der Waals surface area contributed by atoms with Crippen molar-refractivity contribution in [3.05, 3.63) is 82.8 Å². The number of carbonyl (C=O) groups is 2. The van der Waals surface area contributed by atoms with E-state index in [1.54, 1.807) is 49.7 Å². The average Bonchev–Trinajstić information content (AvgIpc) is 3.35. The number of aryl methyl sites for hydroxylation is 2. The lowest BCUT2D eigenvalue weighted by atomic mass is 9.75. The highest BCUT2D eigenvalue weighted by Gasteiger charge is 2.37. The van der Waals surface area contributed by atoms with Gasteiger partial charge in [-0.1, -0.05) is 45.9 Å². The van der Waals surface area contributed by atoms with E-state index < -0.39 is 34.0 Å². The molecule has 0 radical (unpaired) electrons. The van der Waals surface area contributed by atoms with Crippen LogP contribution < -0.4 is 10.6 Å². The number of hydrogen-bond donors (Lipinski definition) is 3. The van der Waals surface area contributed by atoms with E-state index in [9.17, 15) is 27.9 Å². The van der Waals surface area contributed by atoms with Crippen LogP contribution in [0.15, 0.2) is 55.0 Å². The van der Waals surface area contributed by atoms with Crippen molar-refractivity contribution in [3.63, 3.8) is 0 Å². The summed E-state index contributed by atoms with van der Waals surface area (Å²) in [6.45, 7) is 10.5. The number of anilines is 1. The second-order valence-electron chi connectivity index (χ2n) is 12.4. The third-order valence-electron chi connectivity index (χ3n) is 7.27. The first-order valence-corrected chi connectivity index (χ1v) is 13.8. The summed E-state index contributed by atoms with van der Waals surface area (Å²) in [4.78, 5) is 34.8. The number of aliphatic hydroxyl groups is 1. The topological polar surface area (TPSA) is 109 Å². The minimum Gasteiger partial charge on any atom is -0.396 e. The molecule has 4 rings (SSSR count). The SMILES string of the molecule is Cc1cnc2nc(-c3ccc(C)c(NC(=O)c4ccc(CNC(=O)C(C)(C)CC(C)(C)CO)cc4C(F)(F)F)c3)cn2c1. The Morgan fingerprint density at radius 1 is 1.00 bits per heavy atom. The van der Waals surface area contributed by atoms with Crippen molar-refractivity contribution < 1.29 is 27.9 Å². The van der Waals surface area contributed by atoms with Crippen LogP contribution in [0.5, 0.6) is 0 Å². The van der Waals surface area contributed by atoms with Gasteiger partial charge < -0.3 is 15.7 Å². The van der Waals surface area contributed by atoms with Gasteiger partial charge in [0.15, 0.2) is 0 Å². The molecule has 3 N–H and O–H groups in total. The van der Waals surface area contributed by atoms with Gasteiger partial charge in [-0.2, -0.15) is 13.2 Å². The number of halogens is 3. The largest absolute Gasteiger partial charge is 0.417 e. The molecule has 0 atom stereocenters. The van der Waals surface area contributed by atoms with Crippen molar-refractivity contribution in [1.29, 1.82) is 0 Å². The second-order valence-corrected chi connectivity index (χ2v) is 12.4. The molecular weight excluding hydrogens is 559 g/mol. The summed E-state index contributed by atoms with van der Waals surface area (Å²) in [5.41, 5.74) is 0.422. The Labute approximate surface area is 248 Å². The number of imidazole rings is 1. The van der Waals surface area contributed by atoms with Gasteiger partial charge in [-0.05, 0) is 60.6 Å². The Balaban J connectivity index is 1.55. The molecule has 43 heavy (non-hydrogen) atoms. The van der Waals surface area contributed by atoms with Gasteiger partial charge in [0.25, 0.3) is 5.91 Å². The molecule has 0 saturated carbocycles. The van der Waals surface area contributed by atoms with E-state index in [0.29, 0.717) is 34.7 Å². The van der Waals surface area contributed by atoms with Crippen LogP contribution in [0.2, 0.25) is 0 Å². The molecule has 4 aromatic rings. The van der Waals surface area contributed by atoms with Crippen molar-refractivity contribution >= 4 is 23.3 Å². The second kappa shape index (κ2) is 11.8. The van der Waals surface area contributed by atoms with Crippen molar-refractivity contribution in [3.8, 4) is 11.3 Å². The Kier molecular flexibility index (Phi) is 8.69. The minimum atomic E-state index is -4.81. The van der Waals surface area contributed by atoms with Crippen molar-refractivity contribution in [2.75, 3.05) is 11.9 Å². The number of rotatable bonds is 9. The number of hydrogen-bond acceptors (Lipinski definition) is 5. The zero-order chi connectivity index (χ0) is 31.7. The number of alkyl halides is 3. The highest BCUT2D eigenvalue weighted by atomic mass is 19.4. The molecule has 2 aromatic carbocycles. The van der Waals surface area contributed by atoms with E-state index in [4.69, 9.17) is 0 Å². The van der Waals surface area contributed by atoms with Gasteiger partial charge in [0.2, 0.25) is 11.7 Å². The molecule has 0 aliphatic carbocycles. The summed E-state index contributed by atoms with van der Waals surface area (Å²) in [5, 5.41) is 14.9. The number of aliphatic hydroxyl groups excluding tert-OH is 1. The first-order valence-electron chi connectivity index (χ1n) is 13.8. The molecule has 2 aromatic heterocycles. The van der Waals surface area contributed by atoms with Gasteiger partial charge in [-0.3, -0.25) is 14.0 Å². The third kappa shape index (κ3) is 7.40. The molecule has 2 amide bonds. The summed E-state index contributed by atoms with van der Waals surface area (Å²) in [6, 6.07) is 8.63. The quantitative estimate of drug-likeness (QED) is 0.209. The van der Waals surface area contributed by atoms with Crippen LogP contribution in [0.3, 0.4) is 0 Å². The Hall–Kier alpha value is -4.25. The number of fused-ring (bicyclic) bond motifs is 1. The standard InChI is InChI=1S/C32H36F3N5O3/c1-19-13-37-29-39-26(16-40(29)15-19)22-9-7-20(2)25(12-22)38-27(42)23-10-8-21(11-24(23)32(33,34)35)14-36-28(43)31(5,6)17-30(3,4)18-41/h7-13,15-16,41H,14,17-18H2,1-6H3,(H,36,43)(H,38,42). The lowest BCUT2D eigenvalue weighted by molar-refractivity contribution is -0.138. The van der Waals surface area contributed by atoms with Crippen LogP contribution >= 0.6 is 0 Å². The Morgan fingerprint density at radius 3 is 2.40 bits per heavy atom. The number of aromatic nitrogens is 3. The minimum absolute atomic E-state index is 0.107. The first-order chi connectivity index (χ1) is 20.0. The molecule has 0 bridgehead atoms.